The third-order valence-corrected chi connectivity index (χ3v) is 5.58. The summed E-state index contributed by atoms with van der Waals surface area (Å²) in [7, 11) is 1.65. The van der Waals surface area contributed by atoms with Crippen molar-refractivity contribution >= 4 is 11.9 Å². The van der Waals surface area contributed by atoms with Gasteiger partial charge in [-0.1, -0.05) is 42.5 Å². The number of benzene rings is 2. The topological polar surface area (TPSA) is 70.7 Å². The molecule has 0 bridgehead atoms. The Labute approximate surface area is 178 Å². The molecule has 6 heteroatoms. The molecule has 0 aliphatic carbocycles. The molecule has 6 nitrogen and oxygen atoms in total. The van der Waals surface area contributed by atoms with Crippen molar-refractivity contribution in [3.63, 3.8) is 0 Å². The number of piperidine rings is 1. The minimum absolute atomic E-state index is 0.0124. The highest BCUT2D eigenvalue weighted by Crippen LogP contribution is 2.30. The van der Waals surface area contributed by atoms with E-state index in [-0.39, 0.29) is 23.8 Å². The van der Waals surface area contributed by atoms with Crippen LogP contribution in [0.15, 0.2) is 54.6 Å². The summed E-state index contributed by atoms with van der Waals surface area (Å²) in [5.74, 6) is 0.767. The Kier molecular flexibility index (Phi) is 7.71. The lowest BCUT2D eigenvalue weighted by atomic mass is 9.84. The summed E-state index contributed by atoms with van der Waals surface area (Å²) in [5, 5.41) is 5.93. The summed E-state index contributed by atoms with van der Waals surface area (Å²) in [5.41, 5.74) is 2.31. The van der Waals surface area contributed by atoms with Crippen LogP contribution in [-0.4, -0.2) is 50.1 Å². The number of amides is 3. The van der Waals surface area contributed by atoms with Crippen LogP contribution >= 0.6 is 0 Å². The van der Waals surface area contributed by atoms with Crippen molar-refractivity contribution in [3.05, 3.63) is 65.7 Å². The fraction of sp³-hybridized carbons (Fsp3) is 0.417. The van der Waals surface area contributed by atoms with Gasteiger partial charge in [-0.15, -0.1) is 0 Å². The summed E-state index contributed by atoms with van der Waals surface area (Å²) in [6.45, 7) is 4.12. The fourth-order valence-electron chi connectivity index (χ4n) is 3.95. The number of nitrogens with zero attached hydrogens (tertiary/aromatic N) is 1. The number of nitrogens with one attached hydrogen (secondary N) is 2. The Morgan fingerprint density at radius 2 is 1.77 bits per heavy atom. The number of carbonyl (C=O) groups is 2. The maximum Gasteiger partial charge on any atom is 0.317 e. The van der Waals surface area contributed by atoms with Crippen LogP contribution in [0.4, 0.5) is 4.79 Å². The second-order valence-corrected chi connectivity index (χ2v) is 7.67. The van der Waals surface area contributed by atoms with Gasteiger partial charge in [-0.3, -0.25) is 4.79 Å². The Morgan fingerprint density at radius 1 is 1.03 bits per heavy atom. The van der Waals surface area contributed by atoms with Crippen molar-refractivity contribution in [1.82, 2.24) is 15.5 Å². The zero-order valence-corrected chi connectivity index (χ0v) is 17.8. The average molecular weight is 410 g/mol. The highest BCUT2D eigenvalue weighted by atomic mass is 16.5. The molecule has 0 spiro atoms. The normalized spacial score (nSPS) is 18.5. The highest BCUT2D eigenvalue weighted by Gasteiger charge is 2.34. The standard InChI is InChI=1S/C24H31N3O3/c1-3-25-24(29)27-16-20(19-7-5-4-6-8-19)15-21(17-27)23(28)26-14-13-18-9-11-22(30-2)12-10-18/h4-12,20-21H,3,13-17H2,1-2H3,(H,25,29)(H,26,28). The van der Waals surface area contributed by atoms with E-state index in [1.165, 1.54) is 5.56 Å². The molecule has 1 aliphatic heterocycles. The molecule has 2 aromatic rings. The molecule has 3 amide bonds. The van der Waals surface area contributed by atoms with Crippen molar-refractivity contribution < 1.29 is 14.3 Å². The molecular formula is C24H31N3O3. The van der Waals surface area contributed by atoms with Gasteiger partial charge in [0.15, 0.2) is 0 Å². The summed E-state index contributed by atoms with van der Waals surface area (Å²) in [4.78, 5) is 27.1. The van der Waals surface area contributed by atoms with E-state index in [2.05, 4.69) is 22.8 Å². The number of likely N-dealkylation sites (tertiary alicyclic amines) is 1. The SMILES string of the molecule is CCNC(=O)N1CC(C(=O)NCCc2ccc(OC)cc2)CC(c2ccccc2)C1. The molecule has 1 fully saturated rings. The fourth-order valence-corrected chi connectivity index (χ4v) is 3.95. The third kappa shape index (κ3) is 5.75. The van der Waals surface area contributed by atoms with E-state index in [0.717, 1.165) is 24.2 Å². The van der Waals surface area contributed by atoms with E-state index >= 15 is 0 Å². The van der Waals surface area contributed by atoms with Crippen LogP contribution in [0.2, 0.25) is 0 Å². The summed E-state index contributed by atoms with van der Waals surface area (Å²) < 4.78 is 5.18. The first-order chi connectivity index (χ1) is 14.6. The molecule has 1 aliphatic rings. The molecule has 0 aromatic heterocycles. The van der Waals surface area contributed by atoms with Gasteiger partial charge in [0, 0.05) is 32.1 Å². The molecule has 3 rings (SSSR count). The first kappa shape index (κ1) is 21.7. The molecule has 2 N–H and O–H groups in total. The van der Waals surface area contributed by atoms with Gasteiger partial charge in [0.25, 0.3) is 0 Å². The van der Waals surface area contributed by atoms with Crippen LogP contribution < -0.4 is 15.4 Å². The first-order valence-corrected chi connectivity index (χ1v) is 10.6. The van der Waals surface area contributed by atoms with Crippen molar-refractivity contribution in [1.29, 1.82) is 0 Å². The Balaban J connectivity index is 1.61. The molecule has 0 saturated carbocycles. The maximum absolute atomic E-state index is 12.9. The van der Waals surface area contributed by atoms with E-state index in [1.54, 1.807) is 12.0 Å². The number of hydrogen-bond acceptors (Lipinski definition) is 3. The van der Waals surface area contributed by atoms with Gasteiger partial charge < -0.3 is 20.3 Å². The predicted molar refractivity (Wildman–Crippen MR) is 118 cm³/mol. The van der Waals surface area contributed by atoms with Gasteiger partial charge in [0.2, 0.25) is 5.91 Å². The van der Waals surface area contributed by atoms with Gasteiger partial charge in [-0.2, -0.15) is 0 Å². The first-order valence-electron chi connectivity index (χ1n) is 10.6. The molecule has 0 radical (unpaired) electrons. The highest BCUT2D eigenvalue weighted by molar-refractivity contribution is 5.81. The lowest BCUT2D eigenvalue weighted by molar-refractivity contribution is -0.126. The molecule has 2 atom stereocenters. The number of carbonyl (C=O) groups excluding carboxylic acids is 2. The number of hydrogen-bond donors (Lipinski definition) is 2. The van der Waals surface area contributed by atoms with Gasteiger partial charge in [0.05, 0.1) is 13.0 Å². The third-order valence-electron chi connectivity index (χ3n) is 5.58. The Hall–Kier alpha value is -3.02. The van der Waals surface area contributed by atoms with Crippen LogP contribution in [0.3, 0.4) is 0 Å². The summed E-state index contributed by atoms with van der Waals surface area (Å²) >= 11 is 0. The quantitative estimate of drug-likeness (QED) is 0.738. The predicted octanol–water partition coefficient (Wildman–Crippen LogP) is 3.19. The van der Waals surface area contributed by atoms with E-state index in [9.17, 15) is 9.59 Å². The van der Waals surface area contributed by atoms with Crippen molar-refractivity contribution in [2.45, 2.75) is 25.7 Å². The molecule has 2 unspecified atom stereocenters. The molecule has 30 heavy (non-hydrogen) atoms. The average Bonchev–Trinajstić information content (AvgIpc) is 2.80. The minimum atomic E-state index is -0.220. The molecule has 1 saturated heterocycles. The van der Waals surface area contributed by atoms with Crippen LogP contribution in [0.5, 0.6) is 5.75 Å². The Morgan fingerprint density at radius 3 is 2.43 bits per heavy atom. The minimum Gasteiger partial charge on any atom is -0.497 e. The zero-order valence-electron chi connectivity index (χ0n) is 17.8. The van der Waals surface area contributed by atoms with Crippen molar-refractivity contribution in [2.24, 2.45) is 5.92 Å². The lowest BCUT2D eigenvalue weighted by Gasteiger charge is -2.37. The molecular weight excluding hydrogens is 378 g/mol. The van der Waals surface area contributed by atoms with Crippen LogP contribution in [0.1, 0.15) is 30.4 Å². The molecule has 160 valence electrons. The van der Waals surface area contributed by atoms with Gasteiger partial charge in [-0.25, -0.2) is 4.79 Å². The monoisotopic (exact) mass is 409 g/mol. The van der Waals surface area contributed by atoms with Gasteiger partial charge >= 0.3 is 6.03 Å². The van der Waals surface area contributed by atoms with Crippen LogP contribution in [0, 0.1) is 5.92 Å². The van der Waals surface area contributed by atoms with Crippen molar-refractivity contribution in [2.75, 3.05) is 33.3 Å². The van der Waals surface area contributed by atoms with E-state index in [0.29, 0.717) is 26.2 Å². The second-order valence-electron chi connectivity index (χ2n) is 7.67. The smallest absolute Gasteiger partial charge is 0.317 e. The Bertz CT molecular complexity index is 823. The second kappa shape index (κ2) is 10.7. The lowest BCUT2D eigenvalue weighted by Crippen LogP contribution is -2.51. The summed E-state index contributed by atoms with van der Waals surface area (Å²) in [6.07, 6.45) is 1.50. The number of urea groups is 1. The van der Waals surface area contributed by atoms with E-state index < -0.39 is 0 Å². The number of rotatable bonds is 7. The van der Waals surface area contributed by atoms with E-state index in [1.807, 2.05) is 49.4 Å². The maximum atomic E-state index is 12.9. The largest absolute Gasteiger partial charge is 0.497 e. The van der Waals surface area contributed by atoms with Crippen LogP contribution in [-0.2, 0) is 11.2 Å². The zero-order chi connectivity index (χ0) is 21.3. The van der Waals surface area contributed by atoms with Gasteiger partial charge in [0.1, 0.15) is 5.75 Å². The van der Waals surface area contributed by atoms with Gasteiger partial charge in [-0.05, 0) is 43.0 Å². The molecule has 2 aromatic carbocycles. The van der Waals surface area contributed by atoms with Crippen LogP contribution in [0.25, 0.3) is 0 Å². The number of methoxy groups -OCH3 is 1. The molecule has 1 heterocycles. The summed E-state index contributed by atoms with van der Waals surface area (Å²) in [6, 6.07) is 17.9. The number of ether oxygens (including phenoxy) is 1. The van der Waals surface area contributed by atoms with E-state index in [4.69, 9.17) is 4.74 Å². The van der Waals surface area contributed by atoms with Crippen molar-refractivity contribution in [3.8, 4) is 5.75 Å².